The third-order valence-electron chi connectivity index (χ3n) is 6.18. The lowest BCUT2D eigenvalue weighted by Gasteiger charge is -2.55. The number of anilines is 1. The minimum Gasteiger partial charge on any atom is -0.456 e. The van der Waals surface area contributed by atoms with E-state index in [9.17, 15) is 9.59 Å². The fourth-order valence-corrected chi connectivity index (χ4v) is 5.63. The number of carbonyl (C=O) groups excluding carboxylic acids is 2. The topological polar surface area (TPSA) is 68.3 Å². The molecule has 0 aromatic carbocycles. The molecule has 4 saturated carbocycles. The molecule has 0 atom stereocenters. The van der Waals surface area contributed by atoms with Crippen molar-refractivity contribution in [1.29, 1.82) is 0 Å². The van der Waals surface area contributed by atoms with Crippen LogP contribution in [0.25, 0.3) is 0 Å². The van der Waals surface area contributed by atoms with Gasteiger partial charge in [0, 0.05) is 6.20 Å². The van der Waals surface area contributed by atoms with Crippen molar-refractivity contribution in [1.82, 2.24) is 4.98 Å². The van der Waals surface area contributed by atoms with Crippen molar-refractivity contribution in [3.63, 3.8) is 0 Å². The Balaban J connectivity index is 1.55. The molecule has 0 spiro atoms. The van der Waals surface area contributed by atoms with E-state index in [4.69, 9.17) is 4.74 Å². The van der Waals surface area contributed by atoms with Gasteiger partial charge in [0.1, 0.15) is 17.0 Å². The van der Waals surface area contributed by atoms with E-state index in [0.717, 1.165) is 19.3 Å². The van der Waals surface area contributed by atoms with Crippen LogP contribution >= 0.6 is 0 Å². The van der Waals surface area contributed by atoms with Crippen molar-refractivity contribution in [3.8, 4) is 0 Å². The van der Waals surface area contributed by atoms with Gasteiger partial charge in [-0.3, -0.25) is 4.79 Å². The molecular weight excluding hydrogens is 328 g/mol. The predicted molar refractivity (Wildman–Crippen MR) is 98.6 cm³/mol. The van der Waals surface area contributed by atoms with Crippen molar-refractivity contribution in [3.05, 3.63) is 23.9 Å². The first kappa shape index (κ1) is 17.5. The van der Waals surface area contributed by atoms with Crippen molar-refractivity contribution < 1.29 is 14.3 Å². The van der Waals surface area contributed by atoms with E-state index < -0.39 is 11.6 Å². The third-order valence-corrected chi connectivity index (χ3v) is 6.18. The standard InChI is InChI=1S/C21H28N2O3/c1-20(2,3)26-18(24)16-5-4-6-22-17(16)23-19(25)21-10-13-7-14(11-21)9-15(8-13)12-21/h4-6,13-15H,7-12H2,1-3H3,(H,22,23,25). The lowest BCUT2D eigenvalue weighted by molar-refractivity contribution is -0.140. The molecule has 1 heterocycles. The Morgan fingerprint density at radius 2 is 1.69 bits per heavy atom. The number of nitrogens with one attached hydrogen (secondary N) is 1. The van der Waals surface area contributed by atoms with Gasteiger partial charge in [-0.25, -0.2) is 9.78 Å². The number of hydrogen-bond donors (Lipinski definition) is 1. The Bertz CT molecular complexity index is 700. The van der Waals surface area contributed by atoms with E-state index in [1.54, 1.807) is 18.3 Å². The van der Waals surface area contributed by atoms with Gasteiger partial charge in [-0.2, -0.15) is 0 Å². The van der Waals surface area contributed by atoms with Crippen molar-refractivity contribution >= 4 is 17.7 Å². The number of carbonyl (C=O) groups is 2. The summed E-state index contributed by atoms with van der Waals surface area (Å²) in [6.07, 6.45) is 8.43. The zero-order valence-corrected chi connectivity index (χ0v) is 15.9. The maximum Gasteiger partial charge on any atom is 0.342 e. The molecule has 4 fully saturated rings. The predicted octanol–water partition coefficient (Wildman–Crippen LogP) is 4.19. The van der Waals surface area contributed by atoms with Gasteiger partial charge < -0.3 is 10.1 Å². The van der Waals surface area contributed by atoms with Crippen LogP contribution in [0.4, 0.5) is 5.82 Å². The number of aromatic nitrogens is 1. The van der Waals surface area contributed by atoms with Crippen LogP contribution in [0.1, 0.15) is 69.7 Å². The molecule has 4 aliphatic rings. The number of esters is 1. The summed E-state index contributed by atoms with van der Waals surface area (Å²) in [5.41, 5.74) is -0.536. The minimum absolute atomic E-state index is 0.0418. The Hall–Kier alpha value is -1.91. The summed E-state index contributed by atoms with van der Waals surface area (Å²) >= 11 is 0. The highest BCUT2D eigenvalue weighted by atomic mass is 16.6. The van der Waals surface area contributed by atoms with Gasteiger partial charge in [0.05, 0.1) is 5.41 Å². The van der Waals surface area contributed by atoms with E-state index in [-0.39, 0.29) is 11.3 Å². The number of rotatable bonds is 3. The van der Waals surface area contributed by atoms with Crippen molar-refractivity contribution in [2.45, 2.75) is 64.9 Å². The number of ether oxygens (including phenoxy) is 1. The Morgan fingerprint density at radius 1 is 1.12 bits per heavy atom. The monoisotopic (exact) mass is 356 g/mol. The maximum absolute atomic E-state index is 13.2. The highest BCUT2D eigenvalue weighted by Crippen LogP contribution is 2.60. The zero-order valence-electron chi connectivity index (χ0n) is 15.9. The molecule has 4 bridgehead atoms. The van der Waals surface area contributed by atoms with Crippen LogP contribution in [-0.4, -0.2) is 22.5 Å². The van der Waals surface area contributed by atoms with Crippen LogP contribution in [0.2, 0.25) is 0 Å². The smallest absolute Gasteiger partial charge is 0.342 e. The first-order valence-corrected chi connectivity index (χ1v) is 9.74. The van der Waals surface area contributed by atoms with Crippen LogP contribution in [0.3, 0.4) is 0 Å². The molecule has 1 aromatic rings. The minimum atomic E-state index is -0.589. The second-order valence-corrected chi connectivity index (χ2v) is 9.55. The quantitative estimate of drug-likeness (QED) is 0.825. The van der Waals surface area contributed by atoms with Crippen LogP contribution < -0.4 is 5.32 Å². The molecule has 0 radical (unpaired) electrons. The van der Waals surface area contributed by atoms with E-state index >= 15 is 0 Å². The van der Waals surface area contributed by atoms with Gasteiger partial charge in [-0.15, -0.1) is 0 Å². The Labute approximate surface area is 154 Å². The fourth-order valence-electron chi connectivity index (χ4n) is 5.63. The Kier molecular flexibility index (Phi) is 4.08. The Morgan fingerprint density at radius 3 is 2.23 bits per heavy atom. The molecule has 5 rings (SSSR count). The lowest BCUT2D eigenvalue weighted by Crippen LogP contribution is -2.52. The largest absolute Gasteiger partial charge is 0.456 e. The van der Waals surface area contributed by atoms with Gasteiger partial charge in [-0.1, -0.05) is 0 Å². The molecule has 4 aliphatic carbocycles. The summed E-state index contributed by atoms with van der Waals surface area (Å²) < 4.78 is 5.47. The molecule has 0 unspecified atom stereocenters. The van der Waals surface area contributed by atoms with Gasteiger partial charge in [0.2, 0.25) is 5.91 Å². The number of hydrogen-bond acceptors (Lipinski definition) is 4. The van der Waals surface area contributed by atoms with Gasteiger partial charge in [0.15, 0.2) is 0 Å². The van der Waals surface area contributed by atoms with E-state index in [1.807, 2.05) is 20.8 Å². The average molecular weight is 356 g/mol. The molecule has 0 saturated heterocycles. The van der Waals surface area contributed by atoms with Gasteiger partial charge in [0.25, 0.3) is 0 Å². The summed E-state index contributed by atoms with van der Waals surface area (Å²) in [6.45, 7) is 5.48. The van der Waals surface area contributed by atoms with E-state index in [2.05, 4.69) is 10.3 Å². The fraction of sp³-hybridized carbons (Fsp3) is 0.667. The highest BCUT2D eigenvalue weighted by Gasteiger charge is 2.54. The van der Waals surface area contributed by atoms with Gasteiger partial charge >= 0.3 is 5.97 Å². The van der Waals surface area contributed by atoms with E-state index in [0.29, 0.717) is 29.1 Å². The summed E-state index contributed by atoms with van der Waals surface area (Å²) in [4.78, 5) is 30.0. The van der Waals surface area contributed by atoms with Crippen molar-refractivity contribution in [2.24, 2.45) is 23.2 Å². The van der Waals surface area contributed by atoms with Crippen LogP contribution in [-0.2, 0) is 9.53 Å². The maximum atomic E-state index is 13.2. The van der Waals surface area contributed by atoms with Crippen LogP contribution in [0.15, 0.2) is 18.3 Å². The summed E-state index contributed by atoms with van der Waals surface area (Å²) in [6, 6.07) is 3.36. The SMILES string of the molecule is CC(C)(C)OC(=O)c1cccnc1NC(=O)C12CC3CC(CC(C3)C1)C2. The molecule has 1 N–H and O–H groups in total. The van der Waals surface area contributed by atoms with Crippen molar-refractivity contribution in [2.75, 3.05) is 5.32 Å². The zero-order chi connectivity index (χ0) is 18.5. The molecule has 0 aliphatic heterocycles. The van der Waals surface area contributed by atoms with Gasteiger partial charge in [-0.05, 0) is 89.2 Å². The average Bonchev–Trinajstić information content (AvgIpc) is 2.52. The summed E-state index contributed by atoms with van der Waals surface area (Å²) in [5.74, 6) is 2.00. The molecule has 1 amide bonds. The number of nitrogens with zero attached hydrogens (tertiary/aromatic N) is 1. The second kappa shape index (κ2) is 6.07. The summed E-state index contributed by atoms with van der Waals surface area (Å²) in [5, 5.41) is 2.98. The molecule has 26 heavy (non-hydrogen) atoms. The molecule has 5 nitrogen and oxygen atoms in total. The first-order chi connectivity index (χ1) is 12.2. The summed E-state index contributed by atoms with van der Waals surface area (Å²) in [7, 11) is 0. The molecule has 1 aromatic heterocycles. The third kappa shape index (κ3) is 3.24. The van der Waals surface area contributed by atoms with Crippen LogP contribution in [0, 0.1) is 23.2 Å². The number of pyridine rings is 1. The van der Waals surface area contributed by atoms with E-state index in [1.165, 1.54) is 19.3 Å². The normalized spacial score (nSPS) is 32.3. The molecular formula is C21H28N2O3. The highest BCUT2D eigenvalue weighted by molar-refractivity contribution is 6.02. The second-order valence-electron chi connectivity index (χ2n) is 9.55. The molecule has 140 valence electrons. The number of amides is 1. The lowest BCUT2D eigenvalue weighted by atomic mass is 9.49. The first-order valence-electron chi connectivity index (χ1n) is 9.74. The van der Waals surface area contributed by atoms with Crippen LogP contribution in [0.5, 0.6) is 0 Å². The molecule has 5 heteroatoms.